The molecule has 0 aromatic carbocycles. The van der Waals surface area contributed by atoms with E-state index in [9.17, 15) is 4.79 Å². The highest BCUT2D eigenvalue weighted by atomic mass is 16.5. The van der Waals surface area contributed by atoms with Crippen LogP contribution in [0.1, 0.15) is 117 Å². The summed E-state index contributed by atoms with van der Waals surface area (Å²) in [7, 11) is 0. The minimum atomic E-state index is -0.155. The zero-order valence-corrected chi connectivity index (χ0v) is 15.5. The number of hydrogen-bond acceptors (Lipinski definition) is 2. The number of carbonyl (C=O) groups is 1. The van der Waals surface area contributed by atoms with Crippen LogP contribution in [0.2, 0.25) is 0 Å². The molecule has 0 unspecified atom stereocenters. The van der Waals surface area contributed by atoms with Gasteiger partial charge in [0.1, 0.15) is 0 Å². The number of hydrogen-bond donors (Lipinski definition) is 0. The summed E-state index contributed by atoms with van der Waals surface area (Å²) in [6.07, 6.45) is 20.5. The summed E-state index contributed by atoms with van der Waals surface area (Å²) in [5, 5.41) is 0. The molecule has 0 saturated carbocycles. The van der Waals surface area contributed by atoms with Crippen molar-refractivity contribution in [1.82, 2.24) is 0 Å². The summed E-state index contributed by atoms with van der Waals surface area (Å²) in [5.41, 5.74) is 0. The van der Waals surface area contributed by atoms with Crippen molar-refractivity contribution in [2.45, 2.75) is 123 Å². The van der Waals surface area contributed by atoms with Crippen LogP contribution >= 0.6 is 0 Å². The average Bonchev–Trinajstić information content (AvgIpc) is 2.47. The Morgan fingerprint density at radius 1 is 0.727 bits per heavy atom. The maximum absolute atomic E-state index is 10.8. The molecule has 0 fully saturated rings. The Balaban J connectivity index is 3.07. The van der Waals surface area contributed by atoms with Gasteiger partial charge in [0, 0.05) is 6.92 Å². The molecule has 0 aliphatic heterocycles. The highest BCUT2D eigenvalue weighted by molar-refractivity contribution is 5.66. The van der Waals surface area contributed by atoms with Crippen LogP contribution < -0.4 is 0 Å². The minimum absolute atomic E-state index is 0.0924. The highest BCUT2D eigenvalue weighted by Crippen LogP contribution is 2.14. The molecule has 0 N–H and O–H groups in total. The predicted molar refractivity (Wildman–Crippen MR) is 96.2 cm³/mol. The normalized spacial score (nSPS) is 12.3. The number of esters is 1. The largest absolute Gasteiger partial charge is 0.463 e. The van der Waals surface area contributed by atoms with Gasteiger partial charge in [-0.15, -0.1) is 0 Å². The number of carbonyl (C=O) groups excluding carboxylic acids is 1. The second kappa shape index (κ2) is 16.8. The first-order chi connectivity index (χ1) is 10.7. The Kier molecular flexibility index (Phi) is 16.4. The zero-order chi connectivity index (χ0) is 16.5. The second-order valence-corrected chi connectivity index (χ2v) is 6.80. The molecule has 0 spiro atoms. The molecule has 1 atom stereocenters. The topological polar surface area (TPSA) is 26.3 Å². The Bertz CT molecular complexity index is 238. The fraction of sp³-hybridized carbons (Fsp3) is 0.950. The molecule has 0 aromatic heterocycles. The third-order valence-electron chi connectivity index (χ3n) is 4.33. The Hall–Kier alpha value is -0.530. The molecule has 22 heavy (non-hydrogen) atoms. The fourth-order valence-electron chi connectivity index (χ4n) is 2.97. The van der Waals surface area contributed by atoms with Gasteiger partial charge in [0.25, 0.3) is 0 Å². The van der Waals surface area contributed by atoms with E-state index in [4.69, 9.17) is 4.74 Å². The first-order valence-electron chi connectivity index (χ1n) is 9.84. The molecule has 0 rings (SSSR count). The standard InChI is InChI=1S/C20H40O2/c1-4-5-6-7-8-9-10-11-12-13-14-15-16-17-18-19(2)22-20(3)21/h19H,4-18H2,1-3H3/t19-/m0/s1. The molecule has 0 bridgehead atoms. The van der Waals surface area contributed by atoms with Crippen LogP contribution in [0.3, 0.4) is 0 Å². The van der Waals surface area contributed by atoms with Gasteiger partial charge in [-0.3, -0.25) is 4.79 Å². The highest BCUT2D eigenvalue weighted by Gasteiger charge is 2.04. The maximum atomic E-state index is 10.8. The summed E-state index contributed by atoms with van der Waals surface area (Å²) in [6, 6.07) is 0. The Morgan fingerprint density at radius 2 is 1.09 bits per heavy atom. The van der Waals surface area contributed by atoms with Crippen LogP contribution in [0, 0.1) is 0 Å². The molecule has 0 saturated heterocycles. The first kappa shape index (κ1) is 21.5. The number of ether oxygens (including phenoxy) is 1. The van der Waals surface area contributed by atoms with E-state index in [1.807, 2.05) is 6.92 Å². The quantitative estimate of drug-likeness (QED) is 0.231. The summed E-state index contributed by atoms with van der Waals surface area (Å²) >= 11 is 0. The molecule has 2 heteroatoms. The molecule has 0 radical (unpaired) electrons. The van der Waals surface area contributed by atoms with Crippen LogP contribution in [0.25, 0.3) is 0 Å². The van der Waals surface area contributed by atoms with Crippen molar-refractivity contribution in [2.24, 2.45) is 0 Å². The monoisotopic (exact) mass is 312 g/mol. The van der Waals surface area contributed by atoms with Crippen LogP contribution in [0.15, 0.2) is 0 Å². The molecular weight excluding hydrogens is 272 g/mol. The van der Waals surface area contributed by atoms with Gasteiger partial charge in [-0.2, -0.15) is 0 Å². The van der Waals surface area contributed by atoms with Crippen molar-refractivity contribution in [3.8, 4) is 0 Å². The lowest BCUT2D eigenvalue weighted by molar-refractivity contribution is -0.145. The third-order valence-corrected chi connectivity index (χ3v) is 4.33. The lowest BCUT2D eigenvalue weighted by Gasteiger charge is -2.11. The number of rotatable bonds is 16. The van der Waals surface area contributed by atoms with Crippen molar-refractivity contribution < 1.29 is 9.53 Å². The molecule has 0 heterocycles. The van der Waals surface area contributed by atoms with Gasteiger partial charge in [0.05, 0.1) is 6.10 Å². The zero-order valence-electron chi connectivity index (χ0n) is 15.5. The Labute approximate surface area is 139 Å². The second-order valence-electron chi connectivity index (χ2n) is 6.80. The molecule has 0 aromatic rings. The van der Waals surface area contributed by atoms with E-state index in [1.54, 1.807) is 0 Å². The van der Waals surface area contributed by atoms with Crippen LogP contribution in [0.4, 0.5) is 0 Å². The summed E-state index contributed by atoms with van der Waals surface area (Å²) < 4.78 is 5.12. The summed E-state index contributed by atoms with van der Waals surface area (Å²) in [4.78, 5) is 10.8. The van der Waals surface area contributed by atoms with Gasteiger partial charge in [-0.05, 0) is 19.8 Å². The van der Waals surface area contributed by atoms with Crippen molar-refractivity contribution >= 4 is 5.97 Å². The van der Waals surface area contributed by atoms with Gasteiger partial charge in [0.2, 0.25) is 0 Å². The van der Waals surface area contributed by atoms with Crippen LogP contribution in [0.5, 0.6) is 0 Å². The Morgan fingerprint density at radius 3 is 1.45 bits per heavy atom. The molecule has 0 aliphatic rings. The van der Waals surface area contributed by atoms with E-state index in [1.165, 1.54) is 96.8 Å². The van der Waals surface area contributed by atoms with Gasteiger partial charge in [-0.1, -0.05) is 90.4 Å². The molecular formula is C20H40O2. The minimum Gasteiger partial charge on any atom is -0.463 e. The molecule has 132 valence electrons. The molecule has 2 nitrogen and oxygen atoms in total. The van der Waals surface area contributed by atoms with Crippen molar-refractivity contribution in [3.05, 3.63) is 0 Å². The van der Waals surface area contributed by atoms with Gasteiger partial charge in [-0.25, -0.2) is 0 Å². The lowest BCUT2D eigenvalue weighted by atomic mass is 10.0. The maximum Gasteiger partial charge on any atom is 0.302 e. The van der Waals surface area contributed by atoms with E-state index >= 15 is 0 Å². The van der Waals surface area contributed by atoms with Crippen LogP contribution in [-0.2, 0) is 9.53 Å². The van der Waals surface area contributed by atoms with E-state index < -0.39 is 0 Å². The van der Waals surface area contributed by atoms with E-state index in [2.05, 4.69) is 6.92 Å². The summed E-state index contributed by atoms with van der Waals surface area (Å²) in [5.74, 6) is -0.155. The van der Waals surface area contributed by atoms with E-state index in [0.717, 1.165) is 6.42 Å². The third kappa shape index (κ3) is 17.5. The van der Waals surface area contributed by atoms with E-state index in [0.29, 0.717) is 0 Å². The van der Waals surface area contributed by atoms with Crippen molar-refractivity contribution in [1.29, 1.82) is 0 Å². The smallest absolute Gasteiger partial charge is 0.302 e. The van der Waals surface area contributed by atoms with Crippen molar-refractivity contribution in [3.63, 3.8) is 0 Å². The van der Waals surface area contributed by atoms with Crippen molar-refractivity contribution in [2.75, 3.05) is 0 Å². The fourth-order valence-corrected chi connectivity index (χ4v) is 2.97. The molecule has 0 aliphatic carbocycles. The van der Waals surface area contributed by atoms with Gasteiger partial charge >= 0.3 is 5.97 Å². The lowest BCUT2D eigenvalue weighted by Crippen LogP contribution is -2.11. The SMILES string of the molecule is CCCCCCCCCCCCCCCC[C@H](C)OC(C)=O. The predicted octanol–water partition coefficient (Wildman–Crippen LogP) is 6.81. The average molecular weight is 313 g/mol. The van der Waals surface area contributed by atoms with Gasteiger partial charge in [0.15, 0.2) is 0 Å². The molecule has 0 amide bonds. The first-order valence-corrected chi connectivity index (χ1v) is 9.84. The summed E-state index contributed by atoms with van der Waals surface area (Å²) in [6.45, 7) is 5.76. The van der Waals surface area contributed by atoms with E-state index in [-0.39, 0.29) is 12.1 Å². The van der Waals surface area contributed by atoms with Crippen LogP contribution in [-0.4, -0.2) is 12.1 Å². The van der Waals surface area contributed by atoms with Gasteiger partial charge < -0.3 is 4.74 Å². The number of unbranched alkanes of at least 4 members (excludes halogenated alkanes) is 13.